The summed E-state index contributed by atoms with van der Waals surface area (Å²) >= 11 is 6.74. The number of nitrogens with two attached hydrogens (primary N) is 1. The van der Waals surface area contributed by atoms with Crippen molar-refractivity contribution >= 4 is 43.3 Å². The van der Waals surface area contributed by atoms with Gasteiger partial charge in [0.05, 0.1) is 0 Å². The van der Waals surface area contributed by atoms with Crippen molar-refractivity contribution < 1.29 is 4.79 Å². The van der Waals surface area contributed by atoms with E-state index in [4.69, 9.17) is 5.73 Å². The summed E-state index contributed by atoms with van der Waals surface area (Å²) in [5, 5.41) is 0. The first-order chi connectivity index (χ1) is 8.08. The number of rotatable bonds is 2. The number of ketones is 1. The van der Waals surface area contributed by atoms with Crippen LogP contribution in [0, 0.1) is 0 Å². The third-order valence-corrected chi connectivity index (χ3v) is 3.50. The SMILES string of the molecule is Nc1ccc(C(=O)c2ccc(Br)cc2Br)cc1. The van der Waals surface area contributed by atoms with Crippen LogP contribution >= 0.6 is 31.9 Å². The quantitative estimate of drug-likeness (QED) is 0.653. The number of nitrogen functional groups attached to an aromatic ring is 1. The predicted molar refractivity (Wildman–Crippen MR) is 76.1 cm³/mol. The Balaban J connectivity index is 2.40. The van der Waals surface area contributed by atoms with Gasteiger partial charge in [-0.05, 0) is 58.4 Å². The van der Waals surface area contributed by atoms with Gasteiger partial charge in [-0.2, -0.15) is 0 Å². The maximum absolute atomic E-state index is 12.2. The summed E-state index contributed by atoms with van der Waals surface area (Å²) in [6, 6.07) is 12.4. The van der Waals surface area contributed by atoms with Crippen molar-refractivity contribution in [3.05, 3.63) is 62.5 Å². The van der Waals surface area contributed by atoms with Crippen LogP contribution in [0.2, 0.25) is 0 Å². The van der Waals surface area contributed by atoms with Crippen molar-refractivity contribution in [1.82, 2.24) is 0 Å². The maximum Gasteiger partial charge on any atom is 0.194 e. The van der Waals surface area contributed by atoms with Crippen LogP contribution in [-0.4, -0.2) is 5.78 Å². The molecule has 0 saturated carbocycles. The number of benzene rings is 2. The van der Waals surface area contributed by atoms with Crippen molar-refractivity contribution in [1.29, 1.82) is 0 Å². The first-order valence-electron chi connectivity index (χ1n) is 4.93. The molecule has 2 N–H and O–H groups in total. The molecule has 0 saturated heterocycles. The summed E-state index contributed by atoms with van der Waals surface area (Å²) < 4.78 is 1.70. The highest BCUT2D eigenvalue weighted by atomic mass is 79.9. The first-order valence-corrected chi connectivity index (χ1v) is 6.52. The van der Waals surface area contributed by atoms with E-state index in [9.17, 15) is 4.79 Å². The van der Waals surface area contributed by atoms with E-state index in [1.807, 2.05) is 12.1 Å². The van der Waals surface area contributed by atoms with Gasteiger partial charge in [0.1, 0.15) is 0 Å². The Hall–Kier alpha value is -1.13. The predicted octanol–water partition coefficient (Wildman–Crippen LogP) is 4.02. The van der Waals surface area contributed by atoms with Gasteiger partial charge in [0.25, 0.3) is 0 Å². The summed E-state index contributed by atoms with van der Waals surface area (Å²) in [6.45, 7) is 0. The maximum atomic E-state index is 12.2. The Labute approximate surface area is 116 Å². The fraction of sp³-hybridized carbons (Fsp3) is 0. The van der Waals surface area contributed by atoms with E-state index >= 15 is 0 Å². The average molecular weight is 355 g/mol. The second-order valence-corrected chi connectivity index (χ2v) is 5.35. The number of anilines is 1. The molecule has 0 amide bonds. The van der Waals surface area contributed by atoms with Crippen molar-refractivity contribution in [2.75, 3.05) is 5.73 Å². The second kappa shape index (κ2) is 5.02. The van der Waals surface area contributed by atoms with E-state index in [1.54, 1.807) is 30.3 Å². The lowest BCUT2D eigenvalue weighted by Gasteiger charge is -2.04. The zero-order valence-electron chi connectivity index (χ0n) is 8.78. The number of hydrogen-bond acceptors (Lipinski definition) is 2. The summed E-state index contributed by atoms with van der Waals surface area (Å²) in [6.07, 6.45) is 0. The molecule has 0 aliphatic heterocycles. The lowest BCUT2D eigenvalue weighted by Crippen LogP contribution is -2.02. The molecule has 2 aromatic carbocycles. The van der Waals surface area contributed by atoms with Crippen molar-refractivity contribution in [2.24, 2.45) is 0 Å². The minimum absolute atomic E-state index is 0.0237. The number of carbonyl (C=O) groups excluding carboxylic acids is 1. The van der Waals surface area contributed by atoms with E-state index in [-0.39, 0.29) is 5.78 Å². The van der Waals surface area contributed by atoms with Crippen LogP contribution in [0.5, 0.6) is 0 Å². The van der Waals surface area contributed by atoms with Crippen LogP contribution < -0.4 is 5.73 Å². The number of hydrogen-bond donors (Lipinski definition) is 1. The Morgan fingerprint density at radius 1 is 1.00 bits per heavy atom. The molecule has 0 aromatic heterocycles. The van der Waals surface area contributed by atoms with E-state index < -0.39 is 0 Å². The van der Waals surface area contributed by atoms with Crippen LogP contribution in [0.1, 0.15) is 15.9 Å². The molecule has 0 spiro atoms. The summed E-state index contributed by atoms with van der Waals surface area (Å²) in [4.78, 5) is 12.2. The fourth-order valence-corrected chi connectivity index (χ4v) is 2.69. The fourth-order valence-electron chi connectivity index (χ4n) is 1.46. The third-order valence-electron chi connectivity index (χ3n) is 2.35. The molecule has 0 fully saturated rings. The molecule has 0 heterocycles. The van der Waals surface area contributed by atoms with Gasteiger partial charge in [0.2, 0.25) is 0 Å². The van der Waals surface area contributed by atoms with Crippen molar-refractivity contribution in [2.45, 2.75) is 0 Å². The lowest BCUT2D eigenvalue weighted by atomic mass is 10.0. The number of halogens is 2. The largest absolute Gasteiger partial charge is 0.399 e. The standard InChI is InChI=1S/C13H9Br2NO/c14-9-3-6-11(12(15)7-9)13(17)8-1-4-10(16)5-2-8/h1-7H,16H2. The van der Waals surface area contributed by atoms with Crippen molar-refractivity contribution in [3.63, 3.8) is 0 Å². The molecule has 86 valence electrons. The zero-order chi connectivity index (χ0) is 12.4. The van der Waals surface area contributed by atoms with Gasteiger partial charge in [-0.3, -0.25) is 4.79 Å². The van der Waals surface area contributed by atoms with Gasteiger partial charge in [-0.1, -0.05) is 15.9 Å². The van der Waals surface area contributed by atoms with E-state index in [0.717, 1.165) is 8.95 Å². The van der Waals surface area contributed by atoms with Crippen LogP contribution in [0.15, 0.2) is 51.4 Å². The van der Waals surface area contributed by atoms with Gasteiger partial charge < -0.3 is 5.73 Å². The zero-order valence-corrected chi connectivity index (χ0v) is 12.0. The molecule has 0 unspecified atom stereocenters. The lowest BCUT2D eigenvalue weighted by molar-refractivity contribution is 0.103. The molecular weight excluding hydrogens is 346 g/mol. The minimum atomic E-state index is -0.0237. The molecule has 0 aliphatic rings. The highest BCUT2D eigenvalue weighted by Gasteiger charge is 2.12. The Morgan fingerprint density at radius 3 is 2.24 bits per heavy atom. The molecule has 17 heavy (non-hydrogen) atoms. The first kappa shape index (κ1) is 12.3. The van der Waals surface area contributed by atoms with Gasteiger partial charge in [-0.15, -0.1) is 0 Å². The monoisotopic (exact) mass is 353 g/mol. The molecule has 2 aromatic rings. The van der Waals surface area contributed by atoms with E-state index in [2.05, 4.69) is 31.9 Å². The smallest absolute Gasteiger partial charge is 0.194 e. The van der Waals surface area contributed by atoms with E-state index in [1.165, 1.54) is 0 Å². The van der Waals surface area contributed by atoms with Crippen LogP contribution in [0.4, 0.5) is 5.69 Å². The third kappa shape index (κ3) is 2.76. The molecule has 0 atom stereocenters. The highest BCUT2D eigenvalue weighted by molar-refractivity contribution is 9.11. The van der Waals surface area contributed by atoms with Gasteiger partial charge in [-0.25, -0.2) is 0 Å². The van der Waals surface area contributed by atoms with Crippen LogP contribution in [0.3, 0.4) is 0 Å². The molecule has 0 aliphatic carbocycles. The molecule has 2 rings (SSSR count). The summed E-state index contributed by atoms with van der Waals surface area (Å²) in [5.74, 6) is -0.0237. The Bertz CT molecular complexity index is 564. The van der Waals surface area contributed by atoms with Crippen LogP contribution in [0.25, 0.3) is 0 Å². The minimum Gasteiger partial charge on any atom is -0.399 e. The molecule has 2 nitrogen and oxygen atoms in total. The van der Waals surface area contributed by atoms with Crippen LogP contribution in [-0.2, 0) is 0 Å². The average Bonchev–Trinajstić information content (AvgIpc) is 2.29. The highest BCUT2D eigenvalue weighted by Crippen LogP contribution is 2.24. The normalized spacial score (nSPS) is 10.2. The van der Waals surface area contributed by atoms with Crippen molar-refractivity contribution in [3.8, 4) is 0 Å². The van der Waals surface area contributed by atoms with Gasteiger partial charge >= 0.3 is 0 Å². The van der Waals surface area contributed by atoms with Gasteiger partial charge in [0, 0.05) is 25.8 Å². The molecule has 0 bridgehead atoms. The summed E-state index contributed by atoms with van der Waals surface area (Å²) in [5.41, 5.74) is 7.50. The molecule has 0 radical (unpaired) electrons. The Kier molecular flexibility index (Phi) is 3.64. The topological polar surface area (TPSA) is 43.1 Å². The second-order valence-electron chi connectivity index (χ2n) is 3.58. The Morgan fingerprint density at radius 2 is 1.65 bits per heavy atom. The molecular formula is C13H9Br2NO. The summed E-state index contributed by atoms with van der Waals surface area (Å²) in [7, 11) is 0. The number of carbonyl (C=O) groups is 1. The van der Waals surface area contributed by atoms with E-state index in [0.29, 0.717) is 16.8 Å². The van der Waals surface area contributed by atoms with Gasteiger partial charge in [0.15, 0.2) is 5.78 Å². The molecule has 4 heteroatoms.